The molecule has 0 atom stereocenters. The van der Waals surface area contributed by atoms with Crippen molar-refractivity contribution in [2.24, 2.45) is 0 Å². The molecule has 1 aromatic carbocycles. The average molecular weight is 192 g/mol. The van der Waals surface area contributed by atoms with E-state index in [2.05, 4.69) is 0 Å². The first-order valence-corrected chi connectivity index (χ1v) is 4.84. The maximum atomic E-state index is 9.91. The number of rotatable bonds is 1. The monoisotopic (exact) mass is 192 g/mol. The Balaban J connectivity index is 2.13. The van der Waals surface area contributed by atoms with Gasteiger partial charge in [-0.25, -0.2) is 0 Å². The lowest BCUT2D eigenvalue weighted by Crippen LogP contribution is -2.05. The summed E-state index contributed by atoms with van der Waals surface area (Å²) in [5.41, 5.74) is 2.04. The van der Waals surface area contributed by atoms with Crippen molar-refractivity contribution < 1.29 is 14.9 Å². The van der Waals surface area contributed by atoms with Crippen LogP contribution in [-0.4, -0.2) is 10.2 Å². The Labute approximate surface area is 81.9 Å². The number of phenolic OH excluding ortho intramolecular Hbond substituents is 1. The Kier molecular flexibility index (Phi) is 1.47. The first-order valence-electron chi connectivity index (χ1n) is 4.84. The van der Waals surface area contributed by atoms with Crippen LogP contribution in [0, 0.1) is 0 Å². The van der Waals surface area contributed by atoms with E-state index in [4.69, 9.17) is 4.74 Å². The molecular formula is C11H12O3. The summed E-state index contributed by atoms with van der Waals surface area (Å²) < 4.78 is 5.27. The smallest absolute Gasteiger partial charge is 0.122 e. The van der Waals surface area contributed by atoms with Gasteiger partial charge in [-0.1, -0.05) is 0 Å². The van der Waals surface area contributed by atoms with Crippen molar-refractivity contribution in [3.63, 3.8) is 0 Å². The lowest BCUT2D eigenvalue weighted by atomic mass is 10.00. The van der Waals surface area contributed by atoms with Crippen LogP contribution in [0.15, 0.2) is 12.1 Å². The van der Waals surface area contributed by atoms with Crippen molar-refractivity contribution in [3.8, 4) is 5.75 Å². The van der Waals surface area contributed by atoms with Crippen LogP contribution in [-0.2, 0) is 23.6 Å². The quantitative estimate of drug-likeness (QED) is 0.707. The van der Waals surface area contributed by atoms with Crippen molar-refractivity contribution >= 4 is 0 Å². The number of aliphatic hydroxyl groups is 1. The molecule has 14 heavy (non-hydrogen) atoms. The summed E-state index contributed by atoms with van der Waals surface area (Å²) in [5, 5.41) is 19.6. The predicted octanol–water partition coefficient (Wildman–Crippen LogP) is 1.40. The summed E-state index contributed by atoms with van der Waals surface area (Å²) in [6, 6.07) is 3.60. The molecule has 0 amide bonds. The van der Waals surface area contributed by atoms with Crippen molar-refractivity contribution in [3.05, 3.63) is 28.8 Å². The van der Waals surface area contributed by atoms with E-state index in [1.165, 1.54) is 0 Å². The van der Waals surface area contributed by atoms with Gasteiger partial charge in [0.25, 0.3) is 0 Å². The standard InChI is InChI=1S/C11H12O3/c12-10-4-8-6-14-5-7(8)3-9(10)11(13)1-2-11/h3-4,12-13H,1-2,5-6H2. The third-order valence-electron chi connectivity index (χ3n) is 3.06. The second kappa shape index (κ2) is 2.49. The van der Waals surface area contributed by atoms with Crippen LogP contribution in [0.5, 0.6) is 5.75 Å². The molecule has 0 saturated heterocycles. The van der Waals surface area contributed by atoms with Gasteiger partial charge < -0.3 is 14.9 Å². The zero-order chi connectivity index (χ0) is 9.76. The van der Waals surface area contributed by atoms with Gasteiger partial charge in [0, 0.05) is 5.56 Å². The van der Waals surface area contributed by atoms with E-state index in [0.717, 1.165) is 24.0 Å². The number of hydrogen-bond acceptors (Lipinski definition) is 3. The molecule has 0 radical (unpaired) electrons. The minimum atomic E-state index is -0.762. The number of aromatic hydroxyl groups is 1. The van der Waals surface area contributed by atoms with Gasteiger partial charge in [0.1, 0.15) is 5.75 Å². The minimum Gasteiger partial charge on any atom is -0.508 e. The number of fused-ring (bicyclic) bond motifs is 1. The Morgan fingerprint density at radius 2 is 1.79 bits per heavy atom. The molecule has 0 unspecified atom stereocenters. The highest BCUT2D eigenvalue weighted by molar-refractivity contribution is 5.47. The SMILES string of the molecule is Oc1cc2c(cc1C1(O)CC1)COC2. The van der Waals surface area contributed by atoms with Crippen LogP contribution in [0.1, 0.15) is 29.5 Å². The fourth-order valence-electron chi connectivity index (χ4n) is 1.98. The molecule has 3 heteroatoms. The fourth-order valence-corrected chi connectivity index (χ4v) is 1.98. The molecule has 1 aliphatic heterocycles. The summed E-state index contributed by atoms with van der Waals surface area (Å²) in [6.07, 6.45) is 1.50. The Bertz CT molecular complexity index is 394. The topological polar surface area (TPSA) is 49.7 Å². The Morgan fingerprint density at radius 3 is 2.43 bits per heavy atom. The molecule has 0 aromatic heterocycles. The molecule has 0 bridgehead atoms. The van der Waals surface area contributed by atoms with E-state index >= 15 is 0 Å². The number of hydrogen-bond donors (Lipinski definition) is 2. The highest BCUT2D eigenvalue weighted by Crippen LogP contribution is 2.49. The van der Waals surface area contributed by atoms with Gasteiger partial charge in [-0.05, 0) is 36.1 Å². The van der Waals surface area contributed by atoms with Gasteiger partial charge >= 0.3 is 0 Å². The number of ether oxygens (including phenoxy) is 1. The molecule has 1 saturated carbocycles. The van der Waals surface area contributed by atoms with Gasteiger partial charge in [-0.15, -0.1) is 0 Å². The molecule has 1 fully saturated rings. The number of phenols is 1. The van der Waals surface area contributed by atoms with Gasteiger partial charge in [0.05, 0.1) is 18.8 Å². The van der Waals surface area contributed by atoms with Crippen LogP contribution in [0.25, 0.3) is 0 Å². The second-order valence-corrected chi connectivity index (χ2v) is 4.16. The Morgan fingerprint density at radius 1 is 1.14 bits per heavy atom. The normalized spacial score (nSPS) is 22.1. The van der Waals surface area contributed by atoms with E-state index in [1.807, 2.05) is 6.07 Å². The molecule has 2 aliphatic rings. The van der Waals surface area contributed by atoms with Gasteiger partial charge in [-0.2, -0.15) is 0 Å². The van der Waals surface area contributed by atoms with Gasteiger partial charge in [0.2, 0.25) is 0 Å². The lowest BCUT2D eigenvalue weighted by molar-refractivity contribution is 0.134. The molecule has 0 spiro atoms. The third-order valence-corrected chi connectivity index (χ3v) is 3.06. The van der Waals surface area contributed by atoms with E-state index in [9.17, 15) is 10.2 Å². The summed E-state index contributed by atoms with van der Waals surface area (Å²) >= 11 is 0. The average Bonchev–Trinajstić information content (AvgIpc) is 2.75. The van der Waals surface area contributed by atoms with Crippen LogP contribution < -0.4 is 0 Å². The summed E-state index contributed by atoms with van der Waals surface area (Å²) in [7, 11) is 0. The highest BCUT2D eigenvalue weighted by Gasteiger charge is 2.44. The van der Waals surface area contributed by atoms with Crippen molar-refractivity contribution in [2.75, 3.05) is 0 Å². The predicted molar refractivity (Wildman–Crippen MR) is 49.7 cm³/mol. The molecular weight excluding hydrogens is 180 g/mol. The van der Waals surface area contributed by atoms with Crippen LogP contribution >= 0.6 is 0 Å². The van der Waals surface area contributed by atoms with Gasteiger partial charge in [-0.3, -0.25) is 0 Å². The van der Waals surface area contributed by atoms with Crippen LogP contribution in [0.4, 0.5) is 0 Å². The van der Waals surface area contributed by atoms with Crippen molar-refractivity contribution in [1.82, 2.24) is 0 Å². The Hall–Kier alpha value is -1.06. The van der Waals surface area contributed by atoms with Crippen LogP contribution in [0.2, 0.25) is 0 Å². The molecule has 3 rings (SSSR count). The molecule has 1 aliphatic carbocycles. The molecule has 1 heterocycles. The second-order valence-electron chi connectivity index (χ2n) is 4.16. The minimum absolute atomic E-state index is 0.203. The maximum absolute atomic E-state index is 9.91. The largest absolute Gasteiger partial charge is 0.508 e. The fraction of sp³-hybridized carbons (Fsp3) is 0.455. The van der Waals surface area contributed by atoms with E-state index in [0.29, 0.717) is 18.8 Å². The summed E-state index contributed by atoms with van der Waals surface area (Å²) in [6.45, 7) is 1.17. The molecule has 2 N–H and O–H groups in total. The van der Waals surface area contributed by atoms with Crippen LogP contribution in [0.3, 0.4) is 0 Å². The summed E-state index contributed by atoms with van der Waals surface area (Å²) in [4.78, 5) is 0. The zero-order valence-corrected chi connectivity index (χ0v) is 7.79. The highest BCUT2D eigenvalue weighted by atomic mass is 16.5. The zero-order valence-electron chi connectivity index (χ0n) is 7.79. The summed E-state index contributed by atoms with van der Waals surface area (Å²) in [5.74, 6) is 0.203. The molecule has 3 nitrogen and oxygen atoms in total. The number of benzene rings is 1. The van der Waals surface area contributed by atoms with E-state index < -0.39 is 5.60 Å². The first-order chi connectivity index (χ1) is 6.69. The molecule has 1 aromatic rings. The van der Waals surface area contributed by atoms with E-state index in [-0.39, 0.29) is 5.75 Å². The maximum Gasteiger partial charge on any atom is 0.122 e. The third kappa shape index (κ3) is 1.06. The van der Waals surface area contributed by atoms with Crippen molar-refractivity contribution in [2.45, 2.75) is 31.7 Å². The van der Waals surface area contributed by atoms with E-state index in [1.54, 1.807) is 6.07 Å². The van der Waals surface area contributed by atoms with Gasteiger partial charge in [0.15, 0.2) is 0 Å². The lowest BCUT2D eigenvalue weighted by Gasteiger charge is -2.11. The first kappa shape index (κ1) is 8.26. The van der Waals surface area contributed by atoms with Crippen molar-refractivity contribution in [1.29, 1.82) is 0 Å². The molecule has 74 valence electrons.